The van der Waals surface area contributed by atoms with Gasteiger partial charge in [-0.1, -0.05) is 29.3 Å². The molecule has 0 fully saturated rings. The van der Waals surface area contributed by atoms with Crippen LogP contribution < -0.4 is 0 Å². The van der Waals surface area contributed by atoms with Crippen molar-refractivity contribution in [3.05, 3.63) is 61.8 Å². The van der Waals surface area contributed by atoms with Gasteiger partial charge in [0, 0.05) is 6.42 Å². The monoisotopic (exact) mass is 301 g/mol. The van der Waals surface area contributed by atoms with Crippen LogP contribution in [0, 0.1) is 10.1 Å². The quantitative estimate of drug-likeness (QED) is 0.689. The molecule has 0 aliphatic rings. The van der Waals surface area contributed by atoms with E-state index in [2.05, 4.69) is 0 Å². The highest BCUT2D eigenvalue weighted by Gasteiger charge is 2.18. The highest BCUT2D eigenvalue weighted by Crippen LogP contribution is 2.27. The zero-order valence-electron chi connectivity index (χ0n) is 9.55. The first-order valence-corrected chi connectivity index (χ1v) is 6.09. The average molecular weight is 302 g/mol. The SMILES string of the molecule is O=[N+]([O-])c1ccc(C(O)Cc2ccc(Cl)c(Cl)c2)o1. The molecule has 7 heteroatoms. The Morgan fingerprint density at radius 2 is 2.00 bits per heavy atom. The summed E-state index contributed by atoms with van der Waals surface area (Å²) < 4.78 is 4.92. The number of aliphatic hydroxyl groups is 1. The number of furan rings is 1. The first-order chi connectivity index (χ1) is 8.97. The summed E-state index contributed by atoms with van der Waals surface area (Å²) in [6.45, 7) is 0. The molecule has 2 aromatic rings. The summed E-state index contributed by atoms with van der Waals surface area (Å²) in [6, 6.07) is 7.55. The predicted molar refractivity (Wildman–Crippen MR) is 70.5 cm³/mol. The minimum absolute atomic E-state index is 0.137. The van der Waals surface area contributed by atoms with Gasteiger partial charge < -0.3 is 9.52 Å². The second kappa shape index (κ2) is 5.61. The van der Waals surface area contributed by atoms with Gasteiger partial charge in [0.15, 0.2) is 0 Å². The number of aliphatic hydroxyl groups excluding tert-OH is 1. The molecule has 0 radical (unpaired) electrons. The van der Waals surface area contributed by atoms with Gasteiger partial charge in [0.25, 0.3) is 0 Å². The highest BCUT2D eigenvalue weighted by molar-refractivity contribution is 6.42. The normalized spacial score (nSPS) is 12.4. The van der Waals surface area contributed by atoms with Crippen molar-refractivity contribution in [2.45, 2.75) is 12.5 Å². The van der Waals surface area contributed by atoms with Gasteiger partial charge in [0.1, 0.15) is 16.8 Å². The number of benzene rings is 1. The van der Waals surface area contributed by atoms with Gasteiger partial charge in [0.2, 0.25) is 0 Å². The van der Waals surface area contributed by atoms with E-state index >= 15 is 0 Å². The maximum Gasteiger partial charge on any atom is 0.433 e. The molecule has 0 aliphatic heterocycles. The summed E-state index contributed by atoms with van der Waals surface area (Å²) in [4.78, 5) is 9.82. The van der Waals surface area contributed by atoms with Crippen LogP contribution in [0.1, 0.15) is 17.4 Å². The molecule has 1 aromatic heterocycles. The molecule has 19 heavy (non-hydrogen) atoms. The molecule has 1 atom stereocenters. The molecule has 0 aliphatic carbocycles. The Balaban J connectivity index is 2.13. The number of nitro groups is 1. The molecule has 100 valence electrons. The summed E-state index contributed by atoms with van der Waals surface area (Å²) in [7, 11) is 0. The van der Waals surface area contributed by atoms with E-state index in [0.29, 0.717) is 10.0 Å². The molecule has 1 aromatic carbocycles. The van der Waals surface area contributed by atoms with Crippen molar-refractivity contribution < 1.29 is 14.4 Å². The van der Waals surface area contributed by atoms with Crippen LogP contribution in [0.15, 0.2) is 34.7 Å². The largest absolute Gasteiger partial charge is 0.433 e. The van der Waals surface area contributed by atoms with Gasteiger partial charge in [0.05, 0.1) is 16.1 Å². The van der Waals surface area contributed by atoms with E-state index in [1.807, 2.05) is 0 Å². The average Bonchev–Trinajstić information content (AvgIpc) is 2.83. The number of hydrogen-bond acceptors (Lipinski definition) is 4. The fourth-order valence-corrected chi connectivity index (χ4v) is 1.93. The van der Waals surface area contributed by atoms with Gasteiger partial charge in [-0.15, -0.1) is 0 Å². The Bertz CT molecular complexity index is 612. The van der Waals surface area contributed by atoms with Crippen LogP contribution in [0.5, 0.6) is 0 Å². The molecule has 1 N–H and O–H groups in total. The van der Waals surface area contributed by atoms with Crippen LogP contribution in [-0.2, 0) is 6.42 Å². The molecule has 0 amide bonds. The zero-order valence-corrected chi connectivity index (χ0v) is 11.1. The van der Waals surface area contributed by atoms with E-state index in [4.69, 9.17) is 27.6 Å². The molecule has 0 spiro atoms. The predicted octanol–water partition coefficient (Wildman–Crippen LogP) is 3.77. The van der Waals surface area contributed by atoms with Crippen molar-refractivity contribution >= 4 is 29.1 Å². The third-order valence-electron chi connectivity index (χ3n) is 2.53. The number of hydrogen-bond donors (Lipinski definition) is 1. The smallest absolute Gasteiger partial charge is 0.403 e. The van der Waals surface area contributed by atoms with Gasteiger partial charge >= 0.3 is 5.88 Å². The highest BCUT2D eigenvalue weighted by atomic mass is 35.5. The van der Waals surface area contributed by atoms with Crippen molar-refractivity contribution in [2.24, 2.45) is 0 Å². The second-order valence-electron chi connectivity index (χ2n) is 3.90. The molecule has 0 saturated carbocycles. The van der Waals surface area contributed by atoms with Gasteiger partial charge in [-0.3, -0.25) is 10.1 Å². The van der Waals surface area contributed by atoms with E-state index in [1.165, 1.54) is 12.1 Å². The Hall–Kier alpha value is -1.56. The summed E-state index contributed by atoms with van der Waals surface area (Å²) in [6.07, 6.45) is -0.757. The summed E-state index contributed by atoms with van der Waals surface area (Å²) in [5, 5.41) is 21.2. The van der Waals surface area contributed by atoms with Crippen LogP contribution in [0.2, 0.25) is 10.0 Å². The van der Waals surface area contributed by atoms with E-state index < -0.39 is 16.9 Å². The second-order valence-corrected chi connectivity index (χ2v) is 4.72. The van der Waals surface area contributed by atoms with E-state index in [1.54, 1.807) is 18.2 Å². The lowest BCUT2D eigenvalue weighted by molar-refractivity contribution is -0.402. The lowest BCUT2D eigenvalue weighted by atomic mass is 10.1. The van der Waals surface area contributed by atoms with Gasteiger partial charge in [-0.05, 0) is 23.8 Å². The van der Waals surface area contributed by atoms with E-state index in [-0.39, 0.29) is 12.2 Å². The lowest BCUT2D eigenvalue weighted by Gasteiger charge is -2.08. The van der Waals surface area contributed by atoms with Crippen molar-refractivity contribution in [1.82, 2.24) is 0 Å². The fourth-order valence-electron chi connectivity index (χ4n) is 1.61. The van der Waals surface area contributed by atoms with Gasteiger partial charge in [-0.2, -0.15) is 0 Å². The van der Waals surface area contributed by atoms with Crippen molar-refractivity contribution in [1.29, 1.82) is 0 Å². The molecular weight excluding hydrogens is 293 g/mol. The van der Waals surface area contributed by atoms with E-state index in [0.717, 1.165) is 5.56 Å². The number of nitrogens with zero attached hydrogens (tertiary/aromatic N) is 1. The molecule has 0 bridgehead atoms. The molecule has 5 nitrogen and oxygen atoms in total. The summed E-state index contributed by atoms with van der Waals surface area (Å²) in [5.41, 5.74) is 0.751. The minimum Gasteiger partial charge on any atom is -0.403 e. The molecule has 1 heterocycles. The zero-order chi connectivity index (χ0) is 14.0. The first-order valence-electron chi connectivity index (χ1n) is 5.33. The Morgan fingerprint density at radius 3 is 2.58 bits per heavy atom. The fraction of sp³-hybridized carbons (Fsp3) is 0.167. The van der Waals surface area contributed by atoms with Crippen LogP contribution in [0.4, 0.5) is 5.88 Å². The first kappa shape index (κ1) is 13.9. The number of rotatable bonds is 4. The Labute approximate surface area is 118 Å². The minimum atomic E-state index is -0.981. The summed E-state index contributed by atoms with van der Waals surface area (Å²) >= 11 is 11.6. The van der Waals surface area contributed by atoms with Crippen LogP contribution in [-0.4, -0.2) is 10.0 Å². The van der Waals surface area contributed by atoms with Crippen molar-refractivity contribution in [3.63, 3.8) is 0 Å². The van der Waals surface area contributed by atoms with E-state index in [9.17, 15) is 15.2 Å². The Morgan fingerprint density at radius 1 is 1.26 bits per heavy atom. The van der Waals surface area contributed by atoms with Crippen LogP contribution in [0.3, 0.4) is 0 Å². The topological polar surface area (TPSA) is 76.5 Å². The standard InChI is InChI=1S/C12H9Cl2NO4/c13-8-2-1-7(5-9(8)14)6-10(16)11-3-4-12(19-11)15(17)18/h1-5,10,16H,6H2. The van der Waals surface area contributed by atoms with Gasteiger partial charge in [-0.25, -0.2) is 0 Å². The maximum atomic E-state index is 10.5. The molecule has 1 unspecified atom stereocenters. The Kier molecular flexibility index (Phi) is 4.09. The van der Waals surface area contributed by atoms with Crippen LogP contribution in [0.25, 0.3) is 0 Å². The molecule has 2 rings (SSSR count). The lowest BCUT2D eigenvalue weighted by Crippen LogP contribution is -2.00. The maximum absolute atomic E-state index is 10.5. The summed E-state index contributed by atoms with van der Waals surface area (Å²) in [5.74, 6) is -0.263. The van der Waals surface area contributed by atoms with Crippen LogP contribution >= 0.6 is 23.2 Å². The molecule has 0 saturated heterocycles. The number of halogens is 2. The third kappa shape index (κ3) is 3.26. The van der Waals surface area contributed by atoms with Crippen molar-refractivity contribution in [2.75, 3.05) is 0 Å². The van der Waals surface area contributed by atoms with Crippen molar-refractivity contribution in [3.8, 4) is 0 Å². The molecular formula is C12H9Cl2NO4. The third-order valence-corrected chi connectivity index (χ3v) is 3.27.